The molecule has 0 aromatic heterocycles. The van der Waals surface area contributed by atoms with E-state index >= 15 is 0 Å². The van der Waals surface area contributed by atoms with Crippen molar-refractivity contribution in [3.05, 3.63) is 29.8 Å². The molecule has 1 aliphatic rings. The molecule has 2 N–H and O–H groups in total. The van der Waals surface area contributed by atoms with E-state index in [0.717, 1.165) is 38.4 Å². The molecule has 0 spiro atoms. The van der Waals surface area contributed by atoms with E-state index in [2.05, 4.69) is 29.0 Å². The standard InChI is InChI=1S/C12H19N3.ClH/c1-14-6-8-15(9-7-14)10-11-4-2-3-5-12(11)13;/h2-5H,6-10,13H2,1H3;1H. The van der Waals surface area contributed by atoms with Gasteiger partial charge in [0.25, 0.3) is 0 Å². The third kappa shape index (κ3) is 3.37. The largest absolute Gasteiger partial charge is 0.398 e. The van der Waals surface area contributed by atoms with Gasteiger partial charge in [0, 0.05) is 38.4 Å². The highest BCUT2D eigenvalue weighted by molar-refractivity contribution is 5.85. The van der Waals surface area contributed by atoms with Gasteiger partial charge in [0.05, 0.1) is 0 Å². The highest BCUT2D eigenvalue weighted by atomic mass is 35.5. The lowest BCUT2D eigenvalue weighted by Crippen LogP contribution is -2.43. The average molecular weight is 242 g/mol. The minimum Gasteiger partial charge on any atom is -0.398 e. The summed E-state index contributed by atoms with van der Waals surface area (Å²) in [7, 11) is 2.17. The second-order valence-electron chi connectivity index (χ2n) is 4.28. The van der Waals surface area contributed by atoms with Crippen molar-refractivity contribution in [3.8, 4) is 0 Å². The first kappa shape index (κ1) is 13.3. The molecule has 0 amide bonds. The molecule has 16 heavy (non-hydrogen) atoms. The summed E-state index contributed by atoms with van der Waals surface area (Å²) >= 11 is 0. The van der Waals surface area contributed by atoms with Crippen molar-refractivity contribution in [2.24, 2.45) is 0 Å². The first-order chi connectivity index (χ1) is 7.25. The van der Waals surface area contributed by atoms with Crippen LogP contribution in [0.15, 0.2) is 24.3 Å². The topological polar surface area (TPSA) is 32.5 Å². The number of nitrogens with zero attached hydrogens (tertiary/aromatic N) is 2. The summed E-state index contributed by atoms with van der Waals surface area (Å²) in [6.45, 7) is 5.59. The number of benzene rings is 1. The number of nitrogens with two attached hydrogens (primary N) is 1. The number of rotatable bonds is 2. The van der Waals surface area contributed by atoms with E-state index in [1.807, 2.05) is 12.1 Å². The van der Waals surface area contributed by atoms with Crippen LogP contribution in [0.2, 0.25) is 0 Å². The fourth-order valence-electron chi connectivity index (χ4n) is 1.93. The Morgan fingerprint density at radius 1 is 1.12 bits per heavy atom. The molecule has 4 heteroatoms. The Morgan fingerprint density at radius 2 is 1.75 bits per heavy atom. The highest BCUT2D eigenvalue weighted by Crippen LogP contribution is 2.14. The zero-order valence-electron chi connectivity index (χ0n) is 9.72. The monoisotopic (exact) mass is 241 g/mol. The van der Waals surface area contributed by atoms with Crippen molar-refractivity contribution in [3.63, 3.8) is 0 Å². The molecule has 0 aliphatic carbocycles. The molecular formula is C12H20ClN3. The van der Waals surface area contributed by atoms with Crippen LogP contribution in [0.4, 0.5) is 5.69 Å². The van der Waals surface area contributed by atoms with Crippen molar-refractivity contribution in [2.75, 3.05) is 39.0 Å². The van der Waals surface area contributed by atoms with E-state index in [1.165, 1.54) is 5.56 Å². The van der Waals surface area contributed by atoms with Crippen LogP contribution in [-0.2, 0) is 6.54 Å². The highest BCUT2D eigenvalue weighted by Gasteiger charge is 2.14. The first-order valence-electron chi connectivity index (χ1n) is 5.50. The minimum absolute atomic E-state index is 0. The van der Waals surface area contributed by atoms with Crippen molar-refractivity contribution < 1.29 is 0 Å². The molecule has 1 fully saturated rings. The predicted molar refractivity (Wildman–Crippen MR) is 70.9 cm³/mol. The van der Waals surface area contributed by atoms with Gasteiger partial charge in [0.2, 0.25) is 0 Å². The number of likely N-dealkylation sites (N-methyl/N-ethyl adjacent to an activating group) is 1. The molecule has 1 aliphatic heterocycles. The summed E-state index contributed by atoms with van der Waals surface area (Å²) in [5.74, 6) is 0. The Hall–Kier alpha value is -0.770. The van der Waals surface area contributed by atoms with Gasteiger partial charge in [-0.3, -0.25) is 4.90 Å². The van der Waals surface area contributed by atoms with E-state index in [-0.39, 0.29) is 12.4 Å². The molecule has 3 nitrogen and oxygen atoms in total. The molecule has 1 saturated heterocycles. The van der Waals surface area contributed by atoms with Gasteiger partial charge in [-0.25, -0.2) is 0 Å². The molecule has 2 rings (SSSR count). The van der Waals surface area contributed by atoms with Crippen LogP contribution >= 0.6 is 12.4 Å². The third-order valence-electron chi connectivity index (χ3n) is 3.04. The van der Waals surface area contributed by atoms with Gasteiger partial charge in [0.15, 0.2) is 0 Å². The van der Waals surface area contributed by atoms with Gasteiger partial charge < -0.3 is 10.6 Å². The van der Waals surface area contributed by atoms with Crippen LogP contribution in [0.25, 0.3) is 0 Å². The van der Waals surface area contributed by atoms with Crippen LogP contribution in [-0.4, -0.2) is 43.0 Å². The van der Waals surface area contributed by atoms with Crippen molar-refractivity contribution >= 4 is 18.1 Å². The second kappa shape index (κ2) is 6.09. The summed E-state index contributed by atoms with van der Waals surface area (Å²) in [5.41, 5.74) is 8.09. The first-order valence-corrected chi connectivity index (χ1v) is 5.50. The molecule has 0 bridgehead atoms. The Balaban J connectivity index is 0.00000128. The summed E-state index contributed by atoms with van der Waals surface area (Å²) in [6, 6.07) is 8.14. The third-order valence-corrected chi connectivity index (χ3v) is 3.04. The Morgan fingerprint density at radius 3 is 2.38 bits per heavy atom. The average Bonchev–Trinajstić information content (AvgIpc) is 2.25. The number of nitrogen functional groups attached to an aromatic ring is 1. The zero-order chi connectivity index (χ0) is 10.7. The number of hydrogen-bond acceptors (Lipinski definition) is 3. The molecule has 1 aromatic rings. The summed E-state index contributed by atoms with van der Waals surface area (Å²) < 4.78 is 0. The molecular weight excluding hydrogens is 222 g/mol. The molecule has 0 radical (unpaired) electrons. The van der Waals surface area contributed by atoms with E-state index in [1.54, 1.807) is 0 Å². The van der Waals surface area contributed by atoms with Crippen LogP contribution < -0.4 is 5.73 Å². The Bertz CT molecular complexity index is 322. The van der Waals surface area contributed by atoms with E-state index in [0.29, 0.717) is 0 Å². The maximum absolute atomic E-state index is 5.93. The maximum atomic E-state index is 5.93. The number of piperazine rings is 1. The second-order valence-corrected chi connectivity index (χ2v) is 4.28. The fourth-order valence-corrected chi connectivity index (χ4v) is 1.93. The lowest BCUT2D eigenvalue weighted by Gasteiger charge is -2.32. The summed E-state index contributed by atoms with van der Waals surface area (Å²) in [4.78, 5) is 4.83. The number of hydrogen-bond donors (Lipinski definition) is 1. The van der Waals surface area contributed by atoms with Gasteiger partial charge in [-0.2, -0.15) is 0 Å². The van der Waals surface area contributed by atoms with E-state index < -0.39 is 0 Å². The lowest BCUT2D eigenvalue weighted by atomic mass is 10.1. The lowest BCUT2D eigenvalue weighted by molar-refractivity contribution is 0.148. The van der Waals surface area contributed by atoms with Crippen LogP contribution in [0, 0.1) is 0 Å². The molecule has 1 aromatic carbocycles. The normalized spacial score (nSPS) is 18.1. The molecule has 0 saturated carbocycles. The van der Waals surface area contributed by atoms with Crippen LogP contribution in [0.1, 0.15) is 5.56 Å². The SMILES string of the molecule is CN1CCN(Cc2ccccc2N)CC1.Cl. The summed E-state index contributed by atoms with van der Waals surface area (Å²) in [6.07, 6.45) is 0. The molecule has 0 unspecified atom stereocenters. The predicted octanol–water partition coefficient (Wildman–Crippen LogP) is 1.44. The van der Waals surface area contributed by atoms with Gasteiger partial charge in [0.1, 0.15) is 0 Å². The van der Waals surface area contributed by atoms with Gasteiger partial charge in [-0.15, -0.1) is 12.4 Å². The van der Waals surface area contributed by atoms with Gasteiger partial charge in [-0.05, 0) is 18.7 Å². The van der Waals surface area contributed by atoms with Gasteiger partial charge in [-0.1, -0.05) is 18.2 Å². The van der Waals surface area contributed by atoms with E-state index in [4.69, 9.17) is 5.73 Å². The van der Waals surface area contributed by atoms with Crippen LogP contribution in [0.3, 0.4) is 0 Å². The smallest absolute Gasteiger partial charge is 0.0359 e. The van der Waals surface area contributed by atoms with Crippen molar-refractivity contribution in [1.29, 1.82) is 0 Å². The van der Waals surface area contributed by atoms with Crippen LogP contribution in [0.5, 0.6) is 0 Å². The molecule has 90 valence electrons. The van der Waals surface area contributed by atoms with Crippen molar-refractivity contribution in [2.45, 2.75) is 6.54 Å². The van der Waals surface area contributed by atoms with Gasteiger partial charge >= 0.3 is 0 Å². The molecule has 0 atom stereocenters. The Labute approximate surface area is 104 Å². The Kier molecular flexibility index (Phi) is 5.06. The molecule has 1 heterocycles. The fraction of sp³-hybridized carbons (Fsp3) is 0.500. The summed E-state index contributed by atoms with van der Waals surface area (Å²) in [5, 5.41) is 0. The quantitative estimate of drug-likeness (QED) is 0.796. The van der Waals surface area contributed by atoms with Crippen molar-refractivity contribution in [1.82, 2.24) is 9.80 Å². The minimum atomic E-state index is 0. The maximum Gasteiger partial charge on any atom is 0.0359 e. The number of para-hydroxylation sites is 1. The van der Waals surface area contributed by atoms with E-state index in [9.17, 15) is 0 Å². The number of anilines is 1. The number of halogens is 1. The zero-order valence-corrected chi connectivity index (χ0v) is 10.5.